The van der Waals surface area contributed by atoms with E-state index in [1.807, 2.05) is 0 Å². The van der Waals surface area contributed by atoms with Gasteiger partial charge in [0.25, 0.3) is 0 Å². The zero-order valence-electron chi connectivity index (χ0n) is 9.95. The highest BCUT2D eigenvalue weighted by Gasteiger charge is 2.64. The van der Waals surface area contributed by atoms with Crippen molar-refractivity contribution in [3.05, 3.63) is 0 Å². The molecule has 3 N–H and O–H groups in total. The third-order valence-electron chi connectivity index (χ3n) is 5.18. The van der Waals surface area contributed by atoms with Crippen LogP contribution >= 0.6 is 0 Å². The Bertz CT molecular complexity index is 235. The van der Waals surface area contributed by atoms with E-state index in [4.69, 9.17) is 5.73 Å². The molecule has 2 bridgehead atoms. The van der Waals surface area contributed by atoms with Gasteiger partial charge in [-0.1, -0.05) is 13.8 Å². The average Bonchev–Trinajstić information content (AvgIpc) is 2.61. The van der Waals surface area contributed by atoms with Gasteiger partial charge in [-0.2, -0.15) is 0 Å². The monoisotopic (exact) mass is 208 g/mol. The van der Waals surface area contributed by atoms with Crippen LogP contribution in [-0.4, -0.2) is 18.6 Å². The second-order valence-electron chi connectivity index (χ2n) is 6.33. The summed E-state index contributed by atoms with van der Waals surface area (Å²) in [6.45, 7) is 5.45. The van der Waals surface area contributed by atoms with Crippen molar-refractivity contribution in [2.24, 2.45) is 35.3 Å². The molecule has 0 spiro atoms. The number of hydrogen-bond donors (Lipinski definition) is 2. The van der Waals surface area contributed by atoms with Crippen molar-refractivity contribution in [2.45, 2.75) is 45.2 Å². The molecule has 86 valence electrons. The third-order valence-corrected chi connectivity index (χ3v) is 5.18. The standard InChI is InChI=1S/C13H24N2/c1-7(2)10(14)6-15-13-11-8-3-4-9(5-8)12(11)13/h7-13,15H,3-6,14H2,1-2H3. The maximum atomic E-state index is 6.07. The van der Waals surface area contributed by atoms with Gasteiger partial charge in [-0.25, -0.2) is 0 Å². The van der Waals surface area contributed by atoms with Gasteiger partial charge in [-0.3, -0.25) is 0 Å². The average molecular weight is 208 g/mol. The Morgan fingerprint density at radius 1 is 1.20 bits per heavy atom. The second kappa shape index (κ2) is 3.46. The van der Waals surface area contributed by atoms with Crippen molar-refractivity contribution >= 4 is 0 Å². The van der Waals surface area contributed by atoms with Crippen LogP contribution in [0.1, 0.15) is 33.1 Å². The summed E-state index contributed by atoms with van der Waals surface area (Å²) in [5, 5.41) is 3.72. The summed E-state index contributed by atoms with van der Waals surface area (Å²) >= 11 is 0. The summed E-state index contributed by atoms with van der Waals surface area (Å²) in [7, 11) is 0. The Balaban J connectivity index is 1.48. The van der Waals surface area contributed by atoms with Crippen LogP contribution in [0, 0.1) is 29.6 Å². The van der Waals surface area contributed by atoms with Crippen LogP contribution in [0.25, 0.3) is 0 Å². The van der Waals surface area contributed by atoms with E-state index in [1.54, 1.807) is 6.42 Å². The van der Waals surface area contributed by atoms with E-state index >= 15 is 0 Å². The van der Waals surface area contributed by atoms with Crippen molar-refractivity contribution in [1.82, 2.24) is 5.32 Å². The van der Waals surface area contributed by atoms with Gasteiger partial charge in [-0.15, -0.1) is 0 Å². The van der Waals surface area contributed by atoms with E-state index in [0.717, 1.165) is 36.3 Å². The van der Waals surface area contributed by atoms with Gasteiger partial charge in [-0.05, 0) is 48.9 Å². The quantitative estimate of drug-likeness (QED) is 0.736. The first kappa shape index (κ1) is 10.1. The summed E-state index contributed by atoms with van der Waals surface area (Å²) < 4.78 is 0. The molecular weight excluding hydrogens is 184 g/mol. The fourth-order valence-electron chi connectivity index (χ4n) is 4.11. The van der Waals surface area contributed by atoms with Crippen molar-refractivity contribution in [2.75, 3.05) is 6.54 Å². The molecule has 0 aromatic carbocycles. The predicted molar refractivity (Wildman–Crippen MR) is 62.4 cm³/mol. The predicted octanol–water partition coefficient (Wildman–Crippen LogP) is 1.60. The first-order valence-electron chi connectivity index (χ1n) is 6.67. The normalized spacial score (nSPS) is 48.4. The molecule has 0 aliphatic heterocycles. The summed E-state index contributed by atoms with van der Waals surface area (Å²) in [5.41, 5.74) is 6.07. The largest absolute Gasteiger partial charge is 0.326 e. The molecule has 0 aromatic rings. The summed E-state index contributed by atoms with van der Waals surface area (Å²) in [5.74, 6) is 4.85. The molecule has 5 atom stereocenters. The van der Waals surface area contributed by atoms with Crippen LogP contribution in [0.15, 0.2) is 0 Å². The smallest absolute Gasteiger partial charge is 0.0188 e. The minimum Gasteiger partial charge on any atom is -0.326 e. The first-order chi connectivity index (χ1) is 7.18. The van der Waals surface area contributed by atoms with Gasteiger partial charge >= 0.3 is 0 Å². The third kappa shape index (κ3) is 1.53. The molecule has 0 aromatic heterocycles. The Labute approximate surface area is 93.0 Å². The van der Waals surface area contributed by atoms with Crippen LogP contribution < -0.4 is 11.1 Å². The van der Waals surface area contributed by atoms with Gasteiger partial charge in [0.15, 0.2) is 0 Å². The molecule has 15 heavy (non-hydrogen) atoms. The highest BCUT2D eigenvalue weighted by Crippen LogP contribution is 2.65. The maximum absolute atomic E-state index is 6.07. The van der Waals surface area contributed by atoms with E-state index in [1.165, 1.54) is 12.8 Å². The fourth-order valence-corrected chi connectivity index (χ4v) is 4.11. The van der Waals surface area contributed by atoms with Gasteiger partial charge in [0.1, 0.15) is 0 Å². The van der Waals surface area contributed by atoms with Gasteiger partial charge in [0.2, 0.25) is 0 Å². The van der Waals surface area contributed by atoms with Crippen LogP contribution in [-0.2, 0) is 0 Å². The number of hydrogen-bond acceptors (Lipinski definition) is 2. The lowest BCUT2D eigenvalue weighted by Crippen LogP contribution is -2.40. The highest BCUT2D eigenvalue weighted by atomic mass is 15.0. The number of nitrogens with one attached hydrogen (secondary N) is 1. The summed E-state index contributed by atoms with van der Waals surface area (Å²) in [6.07, 6.45) is 4.57. The minimum absolute atomic E-state index is 0.337. The first-order valence-corrected chi connectivity index (χ1v) is 6.67. The summed E-state index contributed by atoms with van der Waals surface area (Å²) in [4.78, 5) is 0. The van der Waals surface area contributed by atoms with Crippen LogP contribution in [0.3, 0.4) is 0 Å². The van der Waals surface area contributed by atoms with E-state index in [9.17, 15) is 0 Å². The SMILES string of the molecule is CC(C)C(N)CNC1C2C3CCC(C3)C12. The van der Waals surface area contributed by atoms with Crippen molar-refractivity contribution in [1.29, 1.82) is 0 Å². The van der Waals surface area contributed by atoms with Crippen LogP contribution in [0.5, 0.6) is 0 Å². The maximum Gasteiger partial charge on any atom is 0.0188 e. The van der Waals surface area contributed by atoms with Gasteiger partial charge in [0, 0.05) is 18.6 Å². The molecule has 0 radical (unpaired) electrons. The molecule has 3 fully saturated rings. The summed E-state index contributed by atoms with van der Waals surface area (Å²) in [6, 6.07) is 1.19. The fraction of sp³-hybridized carbons (Fsp3) is 1.00. The number of nitrogens with two attached hydrogens (primary N) is 1. The van der Waals surface area contributed by atoms with Gasteiger partial charge < -0.3 is 11.1 Å². The molecule has 0 heterocycles. The Kier molecular flexibility index (Phi) is 2.33. The molecule has 3 aliphatic carbocycles. The highest BCUT2D eigenvalue weighted by molar-refractivity contribution is 5.16. The van der Waals surface area contributed by atoms with Crippen LogP contribution in [0.2, 0.25) is 0 Å². The lowest BCUT2D eigenvalue weighted by atomic mass is 10.0. The molecule has 0 saturated heterocycles. The van der Waals surface area contributed by atoms with E-state index in [2.05, 4.69) is 19.2 Å². The molecule has 3 aliphatic rings. The Hall–Kier alpha value is -0.0800. The van der Waals surface area contributed by atoms with Gasteiger partial charge in [0.05, 0.1) is 0 Å². The zero-order valence-corrected chi connectivity index (χ0v) is 9.95. The molecule has 2 nitrogen and oxygen atoms in total. The minimum atomic E-state index is 0.337. The molecule has 2 heteroatoms. The van der Waals surface area contributed by atoms with Crippen molar-refractivity contribution < 1.29 is 0 Å². The lowest BCUT2D eigenvalue weighted by molar-refractivity contribution is 0.413. The van der Waals surface area contributed by atoms with Crippen molar-refractivity contribution in [3.63, 3.8) is 0 Å². The Morgan fingerprint density at radius 3 is 2.33 bits per heavy atom. The molecular formula is C13H24N2. The molecule has 5 unspecified atom stereocenters. The van der Waals surface area contributed by atoms with Crippen molar-refractivity contribution in [3.8, 4) is 0 Å². The van der Waals surface area contributed by atoms with E-state index < -0.39 is 0 Å². The topological polar surface area (TPSA) is 38.0 Å². The zero-order chi connectivity index (χ0) is 10.6. The Morgan fingerprint density at radius 2 is 1.80 bits per heavy atom. The number of fused-ring (bicyclic) bond motifs is 5. The molecule has 3 rings (SSSR count). The molecule has 0 amide bonds. The second-order valence-corrected chi connectivity index (χ2v) is 6.33. The molecule has 3 saturated carbocycles. The van der Waals surface area contributed by atoms with Crippen LogP contribution in [0.4, 0.5) is 0 Å². The number of rotatable bonds is 4. The van der Waals surface area contributed by atoms with E-state index in [-0.39, 0.29) is 0 Å². The lowest BCUT2D eigenvalue weighted by Gasteiger charge is -2.18. The van der Waals surface area contributed by atoms with E-state index in [0.29, 0.717) is 12.0 Å².